The molecule has 0 aliphatic heterocycles. The second-order valence-electron chi connectivity index (χ2n) is 8.03. The van der Waals surface area contributed by atoms with Crippen molar-refractivity contribution in [2.45, 2.75) is 57.3 Å². The number of aryl methyl sites for hydroxylation is 2. The lowest BCUT2D eigenvalue weighted by Gasteiger charge is -2.08. The number of alkyl halides is 6. The van der Waals surface area contributed by atoms with Gasteiger partial charge in [0, 0.05) is 25.7 Å². The number of fused-ring (bicyclic) bond motifs is 9. The number of hydrogen-bond donors (Lipinski definition) is 2. The first kappa shape index (κ1) is 31.3. The van der Waals surface area contributed by atoms with Crippen LogP contribution in [0.3, 0.4) is 0 Å². The molecule has 2 aliphatic rings. The van der Waals surface area contributed by atoms with E-state index in [0.717, 1.165) is 36.0 Å². The van der Waals surface area contributed by atoms with E-state index in [9.17, 15) is 35.9 Å². The molecular formula is C25H24F6O6. The summed E-state index contributed by atoms with van der Waals surface area (Å²) in [5.41, 5.74) is 4.53. The van der Waals surface area contributed by atoms with Gasteiger partial charge in [-0.2, -0.15) is 26.3 Å². The van der Waals surface area contributed by atoms with Crippen molar-refractivity contribution in [3.8, 4) is 0 Å². The molecule has 0 spiro atoms. The van der Waals surface area contributed by atoms with E-state index in [1.807, 2.05) is 30.3 Å². The minimum Gasteiger partial charge on any atom is -0.475 e. The summed E-state index contributed by atoms with van der Waals surface area (Å²) in [5, 5.41) is 14.2. The molecule has 2 N–H and O–H groups in total. The van der Waals surface area contributed by atoms with Crippen LogP contribution < -0.4 is 0 Å². The summed E-state index contributed by atoms with van der Waals surface area (Å²) in [6.45, 7) is 0. The molecule has 2 aromatic carbocycles. The molecule has 0 amide bonds. The molecule has 0 aromatic heterocycles. The largest absolute Gasteiger partial charge is 0.490 e. The van der Waals surface area contributed by atoms with Crippen LogP contribution in [0.25, 0.3) is 0 Å². The molecule has 2 aliphatic carbocycles. The highest BCUT2D eigenvalue weighted by Gasteiger charge is 2.38. The van der Waals surface area contributed by atoms with Gasteiger partial charge in [-0.1, -0.05) is 48.5 Å². The molecule has 4 rings (SSSR count). The Morgan fingerprint density at radius 2 is 1.03 bits per heavy atom. The van der Waals surface area contributed by atoms with Crippen LogP contribution in [0.1, 0.15) is 41.5 Å². The van der Waals surface area contributed by atoms with Crippen molar-refractivity contribution in [2.24, 2.45) is 0 Å². The maximum absolute atomic E-state index is 12.2. The van der Waals surface area contributed by atoms with Gasteiger partial charge in [-0.15, -0.1) is 0 Å². The average molecular weight is 534 g/mol. The summed E-state index contributed by atoms with van der Waals surface area (Å²) < 4.78 is 63.5. The first-order valence-electron chi connectivity index (χ1n) is 10.9. The summed E-state index contributed by atoms with van der Waals surface area (Å²) >= 11 is 0. The average Bonchev–Trinajstić information content (AvgIpc) is 2.78. The van der Waals surface area contributed by atoms with Crippen LogP contribution in [0.15, 0.2) is 48.5 Å². The quantitative estimate of drug-likeness (QED) is 0.453. The molecule has 0 heterocycles. The predicted molar refractivity (Wildman–Crippen MR) is 119 cm³/mol. The zero-order chi connectivity index (χ0) is 28.2. The molecule has 0 saturated carbocycles. The zero-order valence-corrected chi connectivity index (χ0v) is 19.4. The molecule has 0 radical (unpaired) electrons. The van der Waals surface area contributed by atoms with Crippen molar-refractivity contribution in [1.29, 1.82) is 0 Å². The van der Waals surface area contributed by atoms with Crippen molar-refractivity contribution in [3.05, 3.63) is 70.8 Å². The molecule has 202 valence electrons. The lowest BCUT2D eigenvalue weighted by atomic mass is 9.96. The second kappa shape index (κ2) is 14.1. The van der Waals surface area contributed by atoms with Crippen molar-refractivity contribution in [2.75, 3.05) is 0 Å². The fraction of sp³-hybridized carbons (Fsp3) is 0.360. The van der Waals surface area contributed by atoms with E-state index in [0.29, 0.717) is 31.5 Å². The topological polar surface area (TPSA) is 109 Å². The van der Waals surface area contributed by atoms with Crippen LogP contribution in [0, 0.1) is 0 Å². The number of carboxylic acids is 2. The number of carbonyl (C=O) groups is 4. The molecule has 0 saturated heterocycles. The number of hydrogen-bond acceptors (Lipinski definition) is 4. The van der Waals surface area contributed by atoms with Crippen LogP contribution in [0.5, 0.6) is 0 Å². The summed E-state index contributed by atoms with van der Waals surface area (Å²) in [4.78, 5) is 42.1. The molecule has 0 atom stereocenters. The second-order valence-corrected chi connectivity index (χ2v) is 8.03. The van der Waals surface area contributed by atoms with E-state index in [1.54, 1.807) is 0 Å². The van der Waals surface area contributed by atoms with E-state index in [1.165, 1.54) is 5.56 Å². The van der Waals surface area contributed by atoms with Gasteiger partial charge in [0.1, 0.15) is 11.6 Å². The Balaban J connectivity index is 0.000000404. The number of rotatable bonds is 0. The molecular weight excluding hydrogens is 510 g/mol. The predicted octanol–water partition coefficient (Wildman–Crippen LogP) is 5.15. The first-order valence-corrected chi connectivity index (χ1v) is 10.9. The fourth-order valence-corrected chi connectivity index (χ4v) is 3.12. The highest BCUT2D eigenvalue weighted by Crippen LogP contribution is 2.15. The van der Waals surface area contributed by atoms with E-state index < -0.39 is 24.3 Å². The Labute approximate surface area is 207 Å². The minimum absolute atomic E-state index is 0.270. The van der Waals surface area contributed by atoms with Gasteiger partial charge < -0.3 is 10.2 Å². The maximum Gasteiger partial charge on any atom is 0.490 e. The van der Waals surface area contributed by atoms with Crippen LogP contribution in [-0.4, -0.2) is 46.1 Å². The highest BCUT2D eigenvalue weighted by molar-refractivity contribution is 5.82. The number of aliphatic carboxylic acids is 2. The van der Waals surface area contributed by atoms with Crippen LogP contribution in [0.2, 0.25) is 0 Å². The normalized spacial score (nSPS) is 14.5. The lowest BCUT2D eigenvalue weighted by molar-refractivity contribution is -0.193. The molecule has 2 aromatic rings. The summed E-state index contributed by atoms with van der Waals surface area (Å²) in [6, 6.07) is 16.4. The number of carboxylic acid groups (broad SMARTS) is 2. The number of carbonyl (C=O) groups excluding carboxylic acids is 2. The Morgan fingerprint density at radius 1 is 0.595 bits per heavy atom. The van der Waals surface area contributed by atoms with E-state index in [2.05, 4.69) is 18.2 Å². The molecule has 12 heteroatoms. The zero-order valence-electron chi connectivity index (χ0n) is 19.4. The van der Waals surface area contributed by atoms with Gasteiger partial charge in [-0.3, -0.25) is 9.59 Å². The molecule has 4 bridgehead atoms. The maximum atomic E-state index is 12.2. The third kappa shape index (κ3) is 13.3. The first-order chi connectivity index (χ1) is 17.1. The van der Waals surface area contributed by atoms with Gasteiger partial charge >= 0.3 is 24.3 Å². The summed E-state index contributed by atoms with van der Waals surface area (Å²) in [7, 11) is 0. The van der Waals surface area contributed by atoms with Gasteiger partial charge in [0.05, 0.1) is 0 Å². The third-order valence-corrected chi connectivity index (χ3v) is 4.92. The monoisotopic (exact) mass is 534 g/mol. The summed E-state index contributed by atoms with van der Waals surface area (Å²) in [5.74, 6) is -4.95. The van der Waals surface area contributed by atoms with Crippen LogP contribution >= 0.6 is 0 Å². The Kier molecular flexibility index (Phi) is 12.0. The molecule has 0 fully saturated rings. The highest BCUT2D eigenvalue weighted by atomic mass is 19.4. The minimum atomic E-state index is -5.08. The van der Waals surface area contributed by atoms with Crippen molar-refractivity contribution in [3.63, 3.8) is 0 Å². The Bertz CT molecular complexity index is 1050. The van der Waals surface area contributed by atoms with Gasteiger partial charge in [0.15, 0.2) is 0 Å². The third-order valence-electron chi connectivity index (χ3n) is 4.92. The molecule has 37 heavy (non-hydrogen) atoms. The molecule has 0 unspecified atom stereocenters. The van der Waals surface area contributed by atoms with Crippen LogP contribution in [0.4, 0.5) is 26.3 Å². The summed E-state index contributed by atoms with van der Waals surface area (Å²) in [6.07, 6.45) is -5.42. The van der Waals surface area contributed by atoms with E-state index >= 15 is 0 Å². The standard InChI is InChI=1S/C21H22O2.2C2HF3O2/c22-20-6-2-3-16-7-9-18(10-8-16)14-21(23)12-11-17-4-1-5-19(13-17)15-20;2*3-2(4,5)1(6)7/h1,4-5,7-10,13H,2-3,6,11-12,14-15H2;2*(H,6,7). The van der Waals surface area contributed by atoms with Gasteiger partial charge in [0.2, 0.25) is 0 Å². The SMILES string of the molecule is O=C(O)C(F)(F)F.O=C(O)C(F)(F)F.O=C1CCCc2ccc(cc2)CC(=O)CCc2cccc(c2)C1. The van der Waals surface area contributed by atoms with Crippen LogP contribution in [-0.2, 0) is 44.9 Å². The fourth-order valence-electron chi connectivity index (χ4n) is 3.12. The Hall–Kier alpha value is -3.70. The lowest BCUT2D eigenvalue weighted by Crippen LogP contribution is -2.21. The van der Waals surface area contributed by atoms with Crippen molar-refractivity contribution >= 4 is 23.5 Å². The van der Waals surface area contributed by atoms with Gasteiger partial charge in [0.25, 0.3) is 0 Å². The molecule has 6 nitrogen and oxygen atoms in total. The number of Topliss-reactive ketones (excluding diaryl/α,β-unsaturated/α-hetero) is 2. The number of ketones is 2. The van der Waals surface area contributed by atoms with E-state index in [-0.39, 0.29) is 5.78 Å². The number of halogens is 6. The number of benzene rings is 2. The van der Waals surface area contributed by atoms with Crippen molar-refractivity contribution in [1.82, 2.24) is 0 Å². The Morgan fingerprint density at radius 3 is 1.54 bits per heavy atom. The van der Waals surface area contributed by atoms with Gasteiger partial charge in [-0.05, 0) is 41.5 Å². The van der Waals surface area contributed by atoms with E-state index in [4.69, 9.17) is 19.8 Å². The van der Waals surface area contributed by atoms with Gasteiger partial charge in [-0.25, -0.2) is 9.59 Å². The smallest absolute Gasteiger partial charge is 0.475 e. The van der Waals surface area contributed by atoms with Crippen molar-refractivity contribution < 1.29 is 55.7 Å².